The van der Waals surface area contributed by atoms with Gasteiger partial charge in [0.1, 0.15) is 5.82 Å². The van der Waals surface area contributed by atoms with Gasteiger partial charge in [0.25, 0.3) is 0 Å². The van der Waals surface area contributed by atoms with Gasteiger partial charge in [-0.05, 0) is 36.2 Å². The Hall–Kier alpha value is -1.48. The number of carbonyl (C=O) groups is 1. The third-order valence-corrected chi connectivity index (χ3v) is 3.98. The summed E-state index contributed by atoms with van der Waals surface area (Å²) < 4.78 is 13.5. The SMILES string of the molecule is Cc1ccc(-c2ccc(C(=O)C(C)C)s2)cc1F. The van der Waals surface area contributed by atoms with Crippen molar-refractivity contribution in [3.63, 3.8) is 0 Å². The first-order valence-corrected chi connectivity index (χ1v) is 6.71. The van der Waals surface area contributed by atoms with Crippen LogP contribution in [0.25, 0.3) is 10.4 Å². The van der Waals surface area contributed by atoms with Crippen LogP contribution < -0.4 is 0 Å². The molecule has 0 aliphatic carbocycles. The van der Waals surface area contributed by atoms with Crippen LogP contribution in [0.5, 0.6) is 0 Å². The highest BCUT2D eigenvalue weighted by atomic mass is 32.1. The molecular weight excluding hydrogens is 247 g/mol. The molecule has 0 radical (unpaired) electrons. The Morgan fingerprint density at radius 3 is 2.56 bits per heavy atom. The molecule has 0 fully saturated rings. The first kappa shape index (κ1) is 13.0. The van der Waals surface area contributed by atoms with Crippen molar-refractivity contribution in [1.29, 1.82) is 0 Å². The predicted molar refractivity (Wildman–Crippen MR) is 73.6 cm³/mol. The number of ketones is 1. The number of aryl methyl sites for hydroxylation is 1. The van der Waals surface area contributed by atoms with Gasteiger partial charge in [-0.3, -0.25) is 4.79 Å². The van der Waals surface area contributed by atoms with Gasteiger partial charge in [0.05, 0.1) is 4.88 Å². The number of hydrogen-bond acceptors (Lipinski definition) is 2. The zero-order valence-electron chi connectivity index (χ0n) is 10.7. The largest absolute Gasteiger partial charge is 0.293 e. The summed E-state index contributed by atoms with van der Waals surface area (Å²) in [4.78, 5) is 13.5. The Morgan fingerprint density at radius 2 is 1.94 bits per heavy atom. The summed E-state index contributed by atoms with van der Waals surface area (Å²) in [5, 5.41) is 0. The van der Waals surface area contributed by atoms with E-state index in [0.717, 1.165) is 15.3 Å². The second kappa shape index (κ2) is 5.02. The van der Waals surface area contributed by atoms with Gasteiger partial charge < -0.3 is 0 Å². The number of hydrogen-bond donors (Lipinski definition) is 0. The van der Waals surface area contributed by atoms with Crippen LogP contribution in [0.3, 0.4) is 0 Å². The first-order chi connectivity index (χ1) is 8.49. The lowest BCUT2D eigenvalue weighted by Gasteiger charge is -2.01. The molecule has 0 atom stereocenters. The van der Waals surface area contributed by atoms with Crippen molar-refractivity contribution in [2.24, 2.45) is 5.92 Å². The van der Waals surface area contributed by atoms with Gasteiger partial charge in [-0.2, -0.15) is 0 Å². The fraction of sp³-hybridized carbons (Fsp3) is 0.267. The summed E-state index contributed by atoms with van der Waals surface area (Å²) >= 11 is 1.42. The minimum absolute atomic E-state index is 0.00810. The van der Waals surface area contributed by atoms with Crippen molar-refractivity contribution in [3.05, 3.63) is 46.6 Å². The highest BCUT2D eigenvalue weighted by Crippen LogP contribution is 2.30. The predicted octanol–water partition coefficient (Wildman–Crippen LogP) is 4.70. The fourth-order valence-corrected chi connectivity index (χ4v) is 2.75. The lowest BCUT2D eigenvalue weighted by molar-refractivity contribution is 0.0943. The second-order valence-corrected chi connectivity index (χ2v) is 5.73. The Bertz CT molecular complexity index is 584. The molecule has 0 aliphatic rings. The minimum atomic E-state index is -0.211. The number of Topliss-reactive ketones (excluding diaryl/α,β-unsaturated/α-hetero) is 1. The molecule has 18 heavy (non-hydrogen) atoms. The lowest BCUT2D eigenvalue weighted by atomic mass is 10.1. The Labute approximate surface area is 110 Å². The second-order valence-electron chi connectivity index (χ2n) is 4.65. The van der Waals surface area contributed by atoms with E-state index in [9.17, 15) is 9.18 Å². The van der Waals surface area contributed by atoms with Gasteiger partial charge in [-0.1, -0.05) is 26.0 Å². The Balaban J connectivity index is 2.35. The Kier molecular flexibility index (Phi) is 3.62. The van der Waals surface area contributed by atoms with Crippen LogP contribution in [-0.4, -0.2) is 5.78 Å². The molecule has 2 rings (SSSR count). The standard InChI is InChI=1S/C15H15FOS/c1-9(2)15(17)14-7-6-13(18-14)11-5-4-10(3)12(16)8-11/h4-9H,1-3H3. The van der Waals surface area contributed by atoms with Crippen LogP contribution in [0, 0.1) is 18.7 Å². The van der Waals surface area contributed by atoms with Crippen molar-refractivity contribution < 1.29 is 9.18 Å². The molecule has 0 amide bonds. The molecule has 0 unspecified atom stereocenters. The normalized spacial score (nSPS) is 10.9. The van der Waals surface area contributed by atoms with Gasteiger partial charge in [0.15, 0.2) is 5.78 Å². The van der Waals surface area contributed by atoms with Crippen LogP contribution in [0.15, 0.2) is 30.3 Å². The molecule has 3 heteroatoms. The monoisotopic (exact) mass is 262 g/mol. The molecule has 1 heterocycles. The fourth-order valence-electron chi connectivity index (χ4n) is 1.66. The summed E-state index contributed by atoms with van der Waals surface area (Å²) in [6, 6.07) is 8.86. The summed E-state index contributed by atoms with van der Waals surface area (Å²) in [5.74, 6) is -0.0808. The van der Waals surface area contributed by atoms with Gasteiger partial charge in [0.2, 0.25) is 0 Å². The smallest absolute Gasteiger partial charge is 0.175 e. The van der Waals surface area contributed by atoms with E-state index >= 15 is 0 Å². The molecule has 2 aromatic rings. The van der Waals surface area contributed by atoms with Gasteiger partial charge in [0, 0.05) is 10.8 Å². The molecule has 1 aromatic heterocycles. The van der Waals surface area contributed by atoms with E-state index in [0.29, 0.717) is 5.56 Å². The number of halogens is 1. The molecule has 0 saturated heterocycles. The van der Waals surface area contributed by atoms with E-state index in [4.69, 9.17) is 0 Å². The van der Waals surface area contributed by atoms with Crippen LogP contribution in [0.4, 0.5) is 4.39 Å². The molecule has 0 N–H and O–H groups in total. The molecule has 1 nitrogen and oxygen atoms in total. The van der Waals surface area contributed by atoms with Crippen LogP contribution in [0.1, 0.15) is 29.1 Å². The first-order valence-electron chi connectivity index (χ1n) is 5.89. The van der Waals surface area contributed by atoms with Crippen LogP contribution in [-0.2, 0) is 0 Å². The molecular formula is C15H15FOS. The molecule has 0 saturated carbocycles. The molecule has 1 aromatic carbocycles. The average Bonchev–Trinajstić information content (AvgIpc) is 2.81. The van der Waals surface area contributed by atoms with Crippen molar-refractivity contribution >= 4 is 17.1 Å². The maximum atomic E-state index is 13.5. The van der Waals surface area contributed by atoms with Crippen molar-refractivity contribution in [2.75, 3.05) is 0 Å². The van der Waals surface area contributed by atoms with Crippen molar-refractivity contribution in [1.82, 2.24) is 0 Å². The average molecular weight is 262 g/mol. The minimum Gasteiger partial charge on any atom is -0.293 e. The van der Waals surface area contributed by atoms with E-state index in [1.54, 1.807) is 13.0 Å². The summed E-state index contributed by atoms with van der Waals surface area (Å²) in [6.07, 6.45) is 0. The van der Waals surface area contributed by atoms with Crippen LogP contribution >= 0.6 is 11.3 Å². The molecule has 94 valence electrons. The lowest BCUT2D eigenvalue weighted by Crippen LogP contribution is -2.04. The Morgan fingerprint density at radius 1 is 1.22 bits per heavy atom. The number of rotatable bonds is 3. The number of thiophene rings is 1. The topological polar surface area (TPSA) is 17.1 Å². The van der Waals surface area contributed by atoms with E-state index in [-0.39, 0.29) is 17.5 Å². The summed E-state index contributed by atoms with van der Waals surface area (Å²) in [7, 11) is 0. The maximum Gasteiger partial charge on any atom is 0.175 e. The van der Waals surface area contributed by atoms with Crippen molar-refractivity contribution in [3.8, 4) is 10.4 Å². The van der Waals surface area contributed by atoms with Crippen LogP contribution in [0.2, 0.25) is 0 Å². The maximum absolute atomic E-state index is 13.5. The van der Waals surface area contributed by atoms with Crippen molar-refractivity contribution in [2.45, 2.75) is 20.8 Å². The van der Waals surface area contributed by atoms with E-state index in [1.807, 2.05) is 32.0 Å². The highest BCUT2D eigenvalue weighted by Gasteiger charge is 2.14. The third-order valence-electron chi connectivity index (χ3n) is 2.83. The van der Waals surface area contributed by atoms with Gasteiger partial charge in [-0.25, -0.2) is 4.39 Å². The molecule has 0 spiro atoms. The van der Waals surface area contributed by atoms with Gasteiger partial charge >= 0.3 is 0 Å². The number of benzene rings is 1. The summed E-state index contributed by atoms with van der Waals surface area (Å²) in [5.41, 5.74) is 1.46. The zero-order chi connectivity index (χ0) is 13.3. The number of carbonyl (C=O) groups excluding carboxylic acids is 1. The molecule has 0 aliphatic heterocycles. The van der Waals surface area contributed by atoms with E-state index < -0.39 is 0 Å². The van der Waals surface area contributed by atoms with E-state index in [2.05, 4.69) is 0 Å². The third kappa shape index (κ3) is 2.51. The zero-order valence-corrected chi connectivity index (χ0v) is 11.5. The van der Waals surface area contributed by atoms with E-state index in [1.165, 1.54) is 17.4 Å². The quantitative estimate of drug-likeness (QED) is 0.733. The van der Waals surface area contributed by atoms with Gasteiger partial charge in [-0.15, -0.1) is 11.3 Å². The molecule has 0 bridgehead atoms. The summed E-state index contributed by atoms with van der Waals surface area (Å²) in [6.45, 7) is 5.50. The highest BCUT2D eigenvalue weighted by molar-refractivity contribution is 7.17.